The highest BCUT2D eigenvalue weighted by Crippen LogP contribution is 2.31. The van der Waals surface area contributed by atoms with Crippen molar-refractivity contribution in [3.8, 4) is 0 Å². The predicted molar refractivity (Wildman–Crippen MR) is 80.4 cm³/mol. The van der Waals surface area contributed by atoms with Crippen molar-refractivity contribution >= 4 is 10.9 Å². The molecule has 2 rings (SSSR count). The van der Waals surface area contributed by atoms with Gasteiger partial charge in [-0.25, -0.2) is 0 Å². The molecule has 2 aromatic rings. The van der Waals surface area contributed by atoms with Gasteiger partial charge < -0.3 is 4.57 Å². The fraction of sp³-hybridized carbons (Fsp3) is 0.529. The molecular formula is C17H25N. The number of hydrogen-bond acceptors (Lipinski definition) is 0. The average molecular weight is 243 g/mol. The zero-order chi connectivity index (χ0) is 13.3. The summed E-state index contributed by atoms with van der Waals surface area (Å²) < 4.78 is 2.54. The zero-order valence-electron chi connectivity index (χ0n) is 12.4. The van der Waals surface area contributed by atoms with Gasteiger partial charge in [0.15, 0.2) is 0 Å². The zero-order valence-corrected chi connectivity index (χ0v) is 12.4. The molecule has 18 heavy (non-hydrogen) atoms. The van der Waals surface area contributed by atoms with Gasteiger partial charge in [-0.15, -0.1) is 0 Å². The first-order valence-corrected chi connectivity index (χ1v) is 7.19. The molecule has 0 radical (unpaired) electrons. The third-order valence-corrected chi connectivity index (χ3v) is 4.09. The van der Waals surface area contributed by atoms with Gasteiger partial charge in [0.2, 0.25) is 0 Å². The summed E-state index contributed by atoms with van der Waals surface area (Å²) in [6.07, 6.45) is 3.65. The Hall–Kier alpha value is -1.24. The van der Waals surface area contributed by atoms with Gasteiger partial charge in [0, 0.05) is 17.6 Å². The van der Waals surface area contributed by atoms with Crippen LogP contribution in [-0.4, -0.2) is 4.57 Å². The smallest absolute Gasteiger partial charge is 0.0517 e. The van der Waals surface area contributed by atoms with Crippen LogP contribution in [0.2, 0.25) is 0 Å². The summed E-state index contributed by atoms with van der Waals surface area (Å²) in [5.74, 6) is 0. The van der Waals surface area contributed by atoms with Crippen molar-refractivity contribution in [3.05, 3.63) is 34.5 Å². The third-order valence-electron chi connectivity index (χ3n) is 4.09. The summed E-state index contributed by atoms with van der Waals surface area (Å²) >= 11 is 0. The van der Waals surface area contributed by atoms with Crippen molar-refractivity contribution in [3.63, 3.8) is 0 Å². The Bertz CT molecular complexity index is 561. The van der Waals surface area contributed by atoms with E-state index in [1.54, 1.807) is 5.56 Å². The number of fused-ring (bicyclic) bond motifs is 1. The van der Waals surface area contributed by atoms with E-state index in [1.807, 2.05) is 0 Å². The molecule has 0 saturated heterocycles. The lowest BCUT2D eigenvalue weighted by molar-refractivity contribution is 0.634. The monoisotopic (exact) mass is 243 g/mol. The first kappa shape index (κ1) is 13.2. The molecule has 1 heterocycles. The van der Waals surface area contributed by atoms with Crippen LogP contribution in [0.25, 0.3) is 10.9 Å². The van der Waals surface area contributed by atoms with Crippen LogP contribution in [-0.2, 0) is 13.0 Å². The van der Waals surface area contributed by atoms with E-state index < -0.39 is 0 Å². The molecule has 1 nitrogen and oxygen atoms in total. The molecular weight excluding hydrogens is 218 g/mol. The minimum Gasteiger partial charge on any atom is -0.344 e. The molecule has 0 unspecified atom stereocenters. The summed E-state index contributed by atoms with van der Waals surface area (Å²) in [5, 5.41) is 1.51. The number of hydrogen-bond donors (Lipinski definition) is 0. The van der Waals surface area contributed by atoms with Gasteiger partial charge in [-0.1, -0.05) is 32.4 Å². The maximum Gasteiger partial charge on any atom is 0.0517 e. The highest BCUT2D eigenvalue weighted by Gasteiger charge is 2.15. The molecule has 1 aromatic heterocycles. The molecule has 0 aliphatic rings. The fourth-order valence-corrected chi connectivity index (χ4v) is 3.06. The van der Waals surface area contributed by atoms with E-state index in [9.17, 15) is 0 Å². The summed E-state index contributed by atoms with van der Waals surface area (Å²) in [5.41, 5.74) is 7.32. The largest absolute Gasteiger partial charge is 0.344 e. The molecule has 0 bridgehead atoms. The van der Waals surface area contributed by atoms with Crippen molar-refractivity contribution in [1.29, 1.82) is 0 Å². The molecule has 0 spiro atoms. The van der Waals surface area contributed by atoms with Gasteiger partial charge >= 0.3 is 0 Å². The van der Waals surface area contributed by atoms with Gasteiger partial charge in [-0.3, -0.25) is 0 Å². The second-order valence-corrected chi connectivity index (χ2v) is 5.35. The van der Waals surface area contributed by atoms with Gasteiger partial charge in [-0.05, 0) is 50.3 Å². The molecule has 0 N–H and O–H groups in total. The number of aryl methyl sites for hydroxylation is 4. The van der Waals surface area contributed by atoms with Crippen molar-refractivity contribution in [2.75, 3.05) is 0 Å². The molecule has 1 aromatic carbocycles. The van der Waals surface area contributed by atoms with E-state index >= 15 is 0 Å². The predicted octanol–water partition coefficient (Wildman–Crippen LogP) is 4.93. The topological polar surface area (TPSA) is 4.93 Å². The fourth-order valence-electron chi connectivity index (χ4n) is 3.06. The molecule has 98 valence electrons. The van der Waals surface area contributed by atoms with Crippen LogP contribution in [0, 0.1) is 20.8 Å². The lowest BCUT2D eigenvalue weighted by Crippen LogP contribution is -2.01. The second kappa shape index (κ2) is 5.17. The minimum absolute atomic E-state index is 1.13. The first-order chi connectivity index (χ1) is 8.61. The van der Waals surface area contributed by atoms with Crippen molar-refractivity contribution in [2.24, 2.45) is 0 Å². The number of rotatable bonds is 4. The van der Waals surface area contributed by atoms with Crippen molar-refractivity contribution in [2.45, 2.75) is 60.4 Å². The lowest BCUT2D eigenvalue weighted by Gasteiger charge is -2.09. The minimum atomic E-state index is 1.13. The Balaban J connectivity index is 2.76. The van der Waals surface area contributed by atoms with Crippen LogP contribution < -0.4 is 0 Å². The average Bonchev–Trinajstić information content (AvgIpc) is 2.65. The third kappa shape index (κ3) is 1.96. The van der Waals surface area contributed by atoms with Crippen LogP contribution >= 0.6 is 0 Å². The van der Waals surface area contributed by atoms with E-state index in [0.717, 1.165) is 13.0 Å². The summed E-state index contributed by atoms with van der Waals surface area (Å²) in [6.45, 7) is 12.5. The van der Waals surface area contributed by atoms with Crippen LogP contribution in [0.3, 0.4) is 0 Å². The molecule has 1 heteroatoms. The first-order valence-electron chi connectivity index (χ1n) is 7.19. The van der Waals surface area contributed by atoms with E-state index in [4.69, 9.17) is 0 Å². The van der Waals surface area contributed by atoms with E-state index in [0.29, 0.717) is 0 Å². The van der Waals surface area contributed by atoms with Crippen molar-refractivity contribution in [1.82, 2.24) is 4.57 Å². The maximum absolute atomic E-state index is 2.54. The standard InChI is InChI=1S/C17H25N/c1-6-8-11-18-14(5)15(7-2)16-12(3)9-10-13(4)17(16)18/h9-10H,6-8,11H2,1-5H3. The Labute approximate surface area is 111 Å². The summed E-state index contributed by atoms with van der Waals surface area (Å²) in [7, 11) is 0. The van der Waals surface area contributed by atoms with Crippen LogP contribution in [0.15, 0.2) is 12.1 Å². The Kier molecular flexibility index (Phi) is 3.79. The maximum atomic E-state index is 2.54. The highest BCUT2D eigenvalue weighted by atomic mass is 15.0. The van der Waals surface area contributed by atoms with Gasteiger partial charge in [0.05, 0.1) is 5.52 Å². The van der Waals surface area contributed by atoms with Crippen LogP contribution in [0.1, 0.15) is 49.1 Å². The van der Waals surface area contributed by atoms with Gasteiger partial charge in [0.25, 0.3) is 0 Å². The van der Waals surface area contributed by atoms with E-state index in [1.165, 1.54) is 40.6 Å². The molecule has 0 atom stereocenters. The summed E-state index contributed by atoms with van der Waals surface area (Å²) in [4.78, 5) is 0. The van der Waals surface area contributed by atoms with Crippen LogP contribution in [0.5, 0.6) is 0 Å². The Morgan fingerprint density at radius 1 is 1.00 bits per heavy atom. The number of unbranched alkanes of at least 4 members (excludes halogenated alkanes) is 1. The molecule has 0 fully saturated rings. The lowest BCUT2D eigenvalue weighted by atomic mass is 10.0. The Morgan fingerprint density at radius 2 is 1.67 bits per heavy atom. The number of benzene rings is 1. The SMILES string of the molecule is CCCCn1c(C)c(CC)c2c(C)ccc(C)c21. The van der Waals surface area contributed by atoms with E-state index in [2.05, 4.69) is 51.3 Å². The number of aromatic nitrogens is 1. The molecule has 0 aliphatic carbocycles. The Morgan fingerprint density at radius 3 is 2.28 bits per heavy atom. The summed E-state index contributed by atoms with van der Waals surface area (Å²) in [6, 6.07) is 4.53. The highest BCUT2D eigenvalue weighted by molar-refractivity contribution is 5.91. The number of nitrogens with zero attached hydrogens (tertiary/aromatic N) is 1. The quantitative estimate of drug-likeness (QED) is 0.717. The molecule has 0 amide bonds. The second-order valence-electron chi connectivity index (χ2n) is 5.35. The normalized spacial score (nSPS) is 11.4. The van der Waals surface area contributed by atoms with Gasteiger partial charge in [-0.2, -0.15) is 0 Å². The van der Waals surface area contributed by atoms with Gasteiger partial charge in [0.1, 0.15) is 0 Å². The van der Waals surface area contributed by atoms with Crippen molar-refractivity contribution < 1.29 is 0 Å². The van der Waals surface area contributed by atoms with Crippen LogP contribution in [0.4, 0.5) is 0 Å². The van der Waals surface area contributed by atoms with E-state index in [-0.39, 0.29) is 0 Å². The molecule has 0 aliphatic heterocycles. The molecule has 0 saturated carbocycles.